The highest BCUT2D eigenvalue weighted by Gasteiger charge is 2.19. The van der Waals surface area contributed by atoms with Crippen LogP contribution in [-0.4, -0.2) is 23.1 Å². The highest BCUT2D eigenvalue weighted by molar-refractivity contribution is 5.94. The van der Waals surface area contributed by atoms with E-state index in [4.69, 9.17) is 5.73 Å². The van der Waals surface area contributed by atoms with Gasteiger partial charge in [0.2, 0.25) is 5.91 Å². The molecule has 1 aromatic rings. The highest BCUT2D eigenvalue weighted by atomic mass is 16.3. The van der Waals surface area contributed by atoms with E-state index < -0.39 is 0 Å². The molecule has 1 amide bonds. The molecule has 0 aliphatic heterocycles. The number of aromatic hydroxyl groups is 1. The van der Waals surface area contributed by atoms with E-state index >= 15 is 0 Å². The zero-order chi connectivity index (χ0) is 14.6. The largest absolute Gasteiger partial charge is 0.508 e. The Kier molecular flexibility index (Phi) is 4.95. The second kappa shape index (κ2) is 6.06. The van der Waals surface area contributed by atoms with Gasteiger partial charge < -0.3 is 15.7 Å². The van der Waals surface area contributed by atoms with Gasteiger partial charge in [0.05, 0.1) is 5.69 Å². The Hall–Kier alpha value is -1.55. The third-order valence-corrected chi connectivity index (χ3v) is 3.08. The molecule has 0 spiro atoms. The summed E-state index contributed by atoms with van der Waals surface area (Å²) in [7, 11) is 0. The lowest BCUT2D eigenvalue weighted by Crippen LogP contribution is -2.36. The Labute approximate surface area is 115 Å². The summed E-state index contributed by atoms with van der Waals surface area (Å²) in [5, 5.41) is 9.56. The van der Waals surface area contributed by atoms with Crippen LogP contribution in [0.4, 0.5) is 5.69 Å². The lowest BCUT2D eigenvalue weighted by atomic mass is 9.99. The van der Waals surface area contributed by atoms with Gasteiger partial charge in [0, 0.05) is 24.6 Å². The van der Waals surface area contributed by atoms with E-state index in [2.05, 4.69) is 0 Å². The van der Waals surface area contributed by atoms with Crippen LogP contribution in [0.2, 0.25) is 0 Å². The van der Waals surface area contributed by atoms with E-state index in [0.29, 0.717) is 19.4 Å². The van der Waals surface area contributed by atoms with Crippen LogP contribution in [0.5, 0.6) is 5.75 Å². The minimum Gasteiger partial charge on any atom is -0.508 e. The van der Waals surface area contributed by atoms with E-state index in [1.54, 1.807) is 17.0 Å². The van der Waals surface area contributed by atoms with Crippen molar-refractivity contribution in [1.29, 1.82) is 0 Å². The number of phenolic OH excluding ortho intramolecular Hbond substituents is 1. The summed E-state index contributed by atoms with van der Waals surface area (Å²) in [5.74, 6) is 0.209. The Bertz CT molecular complexity index is 450. The zero-order valence-corrected chi connectivity index (χ0v) is 12.2. The normalized spacial score (nSPS) is 11.4. The zero-order valence-electron chi connectivity index (χ0n) is 12.2. The lowest BCUT2D eigenvalue weighted by Gasteiger charge is -2.25. The van der Waals surface area contributed by atoms with Crippen molar-refractivity contribution in [3.05, 3.63) is 23.8 Å². The van der Waals surface area contributed by atoms with Crippen molar-refractivity contribution in [2.45, 2.75) is 46.1 Å². The van der Waals surface area contributed by atoms with E-state index in [0.717, 1.165) is 11.3 Å². The topological polar surface area (TPSA) is 66.6 Å². The Morgan fingerprint density at radius 1 is 1.42 bits per heavy atom. The van der Waals surface area contributed by atoms with Gasteiger partial charge in [-0.25, -0.2) is 0 Å². The number of hydrogen-bond acceptors (Lipinski definition) is 3. The first-order valence-corrected chi connectivity index (χ1v) is 6.63. The summed E-state index contributed by atoms with van der Waals surface area (Å²) in [6.07, 6.45) is 1.05. The van der Waals surface area contributed by atoms with Crippen LogP contribution < -0.4 is 10.6 Å². The van der Waals surface area contributed by atoms with Gasteiger partial charge in [-0.15, -0.1) is 0 Å². The van der Waals surface area contributed by atoms with Crippen molar-refractivity contribution < 1.29 is 9.90 Å². The molecule has 4 heteroatoms. The molecule has 0 heterocycles. The van der Waals surface area contributed by atoms with Crippen LogP contribution in [0.1, 0.15) is 39.2 Å². The van der Waals surface area contributed by atoms with Crippen LogP contribution in [0.25, 0.3) is 0 Å². The fourth-order valence-corrected chi connectivity index (χ4v) is 1.93. The number of aryl methyl sites for hydroxylation is 1. The molecule has 0 atom stereocenters. The van der Waals surface area contributed by atoms with Crippen LogP contribution in [0.15, 0.2) is 18.2 Å². The smallest absolute Gasteiger partial charge is 0.227 e. The first-order valence-electron chi connectivity index (χ1n) is 6.63. The van der Waals surface area contributed by atoms with E-state index in [1.807, 2.05) is 33.8 Å². The molecule has 19 heavy (non-hydrogen) atoms. The fraction of sp³-hybridized carbons (Fsp3) is 0.533. The van der Waals surface area contributed by atoms with Crippen molar-refractivity contribution in [2.24, 2.45) is 5.73 Å². The predicted octanol–water partition coefficient (Wildman–Crippen LogP) is 2.57. The molecule has 106 valence electrons. The van der Waals surface area contributed by atoms with Gasteiger partial charge in [-0.05, 0) is 45.7 Å². The number of amides is 1. The molecule has 1 rings (SSSR count). The number of rotatable bonds is 5. The van der Waals surface area contributed by atoms with Gasteiger partial charge in [-0.1, -0.05) is 6.07 Å². The second-order valence-electron chi connectivity index (χ2n) is 5.60. The maximum absolute atomic E-state index is 12.3. The maximum atomic E-state index is 12.3. The number of carbonyl (C=O) groups excluding carboxylic acids is 1. The van der Waals surface area contributed by atoms with Crippen molar-refractivity contribution in [3.63, 3.8) is 0 Å². The lowest BCUT2D eigenvalue weighted by molar-refractivity contribution is -0.118. The summed E-state index contributed by atoms with van der Waals surface area (Å²) in [6.45, 7) is 8.26. The maximum Gasteiger partial charge on any atom is 0.227 e. The number of phenols is 1. The minimum absolute atomic E-state index is 0.0368. The van der Waals surface area contributed by atoms with E-state index in [-0.39, 0.29) is 17.2 Å². The summed E-state index contributed by atoms with van der Waals surface area (Å²) < 4.78 is 0. The van der Waals surface area contributed by atoms with E-state index in [1.165, 1.54) is 0 Å². The Morgan fingerprint density at radius 2 is 2.05 bits per heavy atom. The molecule has 0 aliphatic rings. The van der Waals surface area contributed by atoms with Gasteiger partial charge in [-0.3, -0.25) is 4.79 Å². The number of nitrogens with zero attached hydrogens (tertiary/aromatic N) is 1. The number of benzene rings is 1. The van der Waals surface area contributed by atoms with Crippen LogP contribution >= 0.6 is 0 Å². The highest BCUT2D eigenvalue weighted by Crippen LogP contribution is 2.26. The summed E-state index contributed by atoms with van der Waals surface area (Å²) >= 11 is 0. The van der Waals surface area contributed by atoms with Crippen molar-refractivity contribution in [2.75, 3.05) is 11.4 Å². The third kappa shape index (κ3) is 4.56. The van der Waals surface area contributed by atoms with Crippen molar-refractivity contribution in [1.82, 2.24) is 0 Å². The molecule has 0 fully saturated rings. The first-order chi connectivity index (χ1) is 8.74. The van der Waals surface area contributed by atoms with E-state index in [9.17, 15) is 9.90 Å². The molecule has 0 radical (unpaired) electrons. The number of anilines is 1. The van der Waals surface area contributed by atoms with Gasteiger partial charge in [0.25, 0.3) is 0 Å². The average molecular weight is 264 g/mol. The van der Waals surface area contributed by atoms with Gasteiger partial charge in [0.1, 0.15) is 5.75 Å². The molecule has 0 aliphatic carbocycles. The quantitative estimate of drug-likeness (QED) is 0.859. The summed E-state index contributed by atoms with van der Waals surface area (Å²) in [6, 6.07) is 5.07. The molecule has 0 saturated heterocycles. The number of nitrogens with two attached hydrogens (primary N) is 1. The van der Waals surface area contributed by atoms with Crippen molar-refractivity contribution >= 4 is 11.6 Å². The third-order valence-electron chi connectivity index (χ3n) is 3.08. The standard InChI is InChI=1S/C15H24N2O2/c1-5-17(14(19)8-9-15(3,4)16)13-10-12(18)7-6-11(13)2/h6-7,10,18H,5,8-9,16H2,1-4H3. The van der Waals surface area contributed by atoms with Crippen LogP contribution in [0, 0.1) is 6.92 Å². The number of hydrogen-bond donors (Lipinski definition) is 2. The van der Waals surface area contributed by atoms with Gasteiger partial charge in [0.15, 0.2) is 0 Å². The van der Waals surface area contributed by atoms with Crippen LogP contribution in [0.3, 0.4) is 0 Å². The van der Waals surface area contributed by atoms with Crippen LogP contribution in [-0.2, 0) is 4.79 Å². The summed E-state index contributed by atoms with van der Waals surface area (Å²) in [4.78, 5) is 14.0. The Balaban J connectivity index is 2.88. The molecule has 0 bridgehead atoms. The predicted molar refractivity (Wildman–Crippen MR) is 78.4 cm³/mol. The van der Waals surface area contributed by atoms with Crippen molar-refractivity contribution in [3.8, 4) is 5.75 Å². The molecule has 3 N–H and O–H groups in total. The van der Waals surface area contributed by atoms with Gasteiger partial charge >= 0.3 is 0 Å². The molecule has 0 saturated carbocycles. The molecule has 0 aromatic heterocycles. The summed E-state index contributed by atoms with van der Waals surface area (Å²) in [5.41, 5.74) is 7.30. The first kappa shape index (κ1) is 15.5. The fourth-order valence-electron chi connectivity index (χ4n) is 1.93. The monoisotopic (exact) mass is 264 g/mol. The number of carbonyl (C=O) groups is 1. The minimum atomic E-state index is -0.344. The molecular weight excluding hydrogens is 240 g/mol. The molecule has 1 aromatic carbocycles. The molecule has 0 unspecified atom stereocenters. The molecular formula is C15H24N2O2. The van der Waals surface area contributed by atoms with Gasteiger partial charge in [-0.2, -0.15) is 0 Å². The Morgan fingerprint density at radius 3 is 2.58 bits per heavy atom. The molecule has 4 nitrogen and oxygen atoms in total. The SMILES string of the molecule is CCN(C(=O)CCC(C)(C)N)c1cc(O)ccc1C. The average Bonchev–Trinajstić information content (AvgIpc) is 2.31. The second-order valence-corrected chi connectivity index (χ2v) is 5.60.